The minimum atomic E-state index is -0.799. The lowest BCUT2D eigenvalue weighted by Crippen LogP contribution is -2.37. The molecule has 22 heavy (non-hydrogen) atoms. The van der Waals surface area contributed by atoms with Gasteiger partial charge in [-0.1, -0.05) is 12.1 Å². The Morgan fingerprint density at radius 3 is 2.50 bits per heavy atom. The molecule has 0 spiro atoms. The van der Waals surface area contributed by atoms with Gasteiger partial charge in [-0.25, -0.2) is 0 Å². The van der Waals surface area contributed by atoms with E-state index in [1.54, 1.807) is 63.1 Å². The predicted molar refractivity (Wildman–Crippen MR) is 82.8 cm³/mol. The van der Waals surface area contributed by atoms with E-state index in [9.17, 15) is 9.90 Å². The number of carbonyl (C=O) groups excluding carboxylic acids is 1. The molecule has 1 heterocycles. The van der Waals surface area contributed by atoms with E-state index in [1.165, 1.54) is 0 Å². The second kappa shape index (κ2) is 6.62. The van der Waals surface area contributed by atoms with Crippen LogP contribution >= 0.6 is 0 Å². The summed E-state index contributed by atoms with van der Waals surface area (Å²) in [6, 6.07) is 6.68. The van der Waals surface area contributed by atoms with Crippen LogP contribution in [0.5, 0.6) is 5.75 Å². The number of hydrogen-bond acceptors (Lipinski definition) is 4. The number of benzene rings is 1. The van der Waals surface area contributed by atoms with Gasteiger partial charge in [-0.3, -0.25) is 9.48 Å². The Kier molecular flexibility index (Phi) is 4.82. The highest BCUT2D eigenvalue weighted by atomic mass is 16.5. The molecule has 2 aromatic rings. The molecule has 2 rings (SSSR count). The van der Waals surface area contributed by atoms with Crippen molar-refractivity contribution in [3.63, 3.8) is 0 Å². The SMILES string of the molecule is COc1ccc(C(O)C(C)NC(=O)c2cn(C)nc2C)cc1. The van der Waals surface area contributed by atoms with Crippen molar-refractivity contribution >= 4 is 5.91 Å². The third kappa shape index (κ3) is 3.46. The predicted octanol–water partition coefficient (Wildman–Crippen LogP) is 1.59. The number of ether oxygens (including phenoxy) is 1. The molecule has 1 aromatic heterocycles. The number of nitrogens with one attached hydrogen (secondary N) is 1. The van der Waals surface area contributed by atoms with Crippen LogP contribution in [0.3, 0.4) is 0 Å². The summed E-state index contributed by atoms with van der Waals surface area (Å²) in [5.74, 6) is 0.476. The summed E-state index contributed by atoms with van der Waals surface area (Å²) in [6.07, 6.45) is 0.865. The standard InChI is InChI=1S/C16H21N3O3/c1-10-14(9-19(3)18-10)16(21)17-11(2)15(20)12-5-7-13(22-4)8-6-12/h5-9,11,15,20H,1-4H3,(H,17,21). The van der Waals surface area contributed by atoms with Crippen molar-refractivity contribution in [2.75, 3.05) is 7.11 Å². The molecule has 0 aliphatic rings. The first kappa shape index (κ1) is 16.0. The van der Waals surface area contributed by atoms with Crippen LogP contribution in [-0.4, -0.2) is 33.9 Å². The van der Waals surface area contributed by atoms with Crippen molar-refractivity contribution in [1.29, 1.82) is 0 Å². The number of nitrogens with zero attached hydrogens (tertiary/aromatic N) is 2. The fourth-order valence-corrected chi connectivity index (χ4v) is 2.28. The van der Waals surface area contributed by atoms with Gasteiger partial charge in [-0.15, -0.1) is 0 Å². The molecule has 1 aromatic carbocycles. The van der Waals surface area contributed by atoms with Gasteiger partial charge in [-0.05, 0) is 31.5 Å². The molecule has 6 heteroatoms. The smallest absolute Gasteiger partial charge is 0.255 e. The lowest BCUT2D eigenvalue weighted by Gasteiger charge is -2.20. The average molecular weight is 303 g/mol. The summed E-state index contributed by atoms with van der Waals surface area (Å²) in [4.78, 5) is 12.2. The van der Waals surface area contributed by atoms with Crippen LogP contribution in [0.4, 0.5) is 0 Å². The van der Waals surface area contributed by atoms with E-state index in [1.807, 2.05) is 0 Å². The van der Waals surface area contributed by atoms with Crippen molar-refractivity contribution in [2.24, 2.45) is 7.05 Å². The van der Waals surface area contributed by atoms with Gasteiger partial charge >= 0.3 is 0 Å². The number of amides is 1. The number of carbonyl (C=O) groups is 1. The Balaban J connectivity index is 2.05. The van der Waals surface area contributed by atoms with Crippen LogP contribution in [0.2, 0.25) is 0 Å². The third-order valence-corrected chi connectivity index (χ3v) is 3.55. The molecule has 0 bridgehead atoms. The van der Waals surface area contributed by atoms with E-state index in [-0.39, 0.29) is 5.91 Å². The highest BCUT2D eigenvalue weighted by Crippen LogP contribution is 2.20. The second-order valence-corrected chi connectivity index (χ2v) is 5.28. The molecular formula is C16H21N3O3. The Hall–Kier alpha value is -2.34. The largest absolute Gasteiger partial charge is 0.497 e. The topological polar surface area (TPSA) is 76.4 Å². The molecule has 0 fully saturated rings. The molecule has 2 N–H and O–H groups in total. The average Bonchev–Trinajstić information content (AvgIpc) is 2.85. The van der Waals surface area contributed by atoms with Crippen LogP contribution in [0.15, 0.2) is 30.5 Å². The summed E-state index contributed by atoms with van der Waals surface area (Å²) >= 11 is 0. The molecule has 0 aliphatic heterocycles. The van der Waals surface area contributed by atoms with Gasteiger partial charge in [0.25, 0.3) is 5.91 Å². The number of aromatic nitrogens is 2. The number of aliphatic hydroxyl groups is 1. The zero-order chi connectivity index (χ0) is 16.3. The van der Waals surface area contributed by atoms with Crippen LogP contribution in [0, 0.1) is 6.92 Å². The van der Waals surface area contributed by atoms with Gasteiger partial charge < -0.3 is 15.2 Å². The molecule has 118 valence electrons. The fourth-order valence-electron chi connectivity index (χ4n) is 2.28. The highest BCUT2D eigenvalue weighted by molar-refractivity contribution is 5.95. The van der Waals surface area contributed by atoms with E-state index in [0.29, 0.717) is 11.3 Å². The molecule has 6 nitrogen and oxygen atoms in total. The number of rotatable bonds is 5. The Morgan fingerprint density at radius 2 is 2.00 bits per heavy atom. The first-order valence-electron chi connectivity index (χ1n) is 7.05. The van der Waals surface area contributed by atoms with E-state index < -0.39 is 12.1 Å². The molecule has 1 amide bonds. The van der Waals surface area contributed by atoms with Crippen LogP contribution in [0.1, 0.15) is 34.6 Å². The van der Waals surface area contributed by atoms with Crippen molar-refractivity contribution in [3.05, 3.63) is 47.3 Å². The maximum absolute atomic E-state index is 12.2. The maximum Gasteiger partial charge on any atom is 0.255 e. The zero-order valence-corrected chi connectivity index (χ0v) is 13.2. The lowest BCUT2D eigenvalue weighted by molar-refractivity contribution is 0.0851. The van der Waals surface area contributed by atoms with Crippen molar-refractivity contribution < 1.29 is 14.6 Å². The van der Waals surface area contributed by atoms with Gasteiger partial charge in [0.05, 0.1) is 30.5 Å². The minimum Gasteiger partial charge on any atom is -0.497 e. The first-order chi connectivity index (χ1) is 10.4. The Labute approximate surface area is 129 Å². The van der Waals surface area contributed by atoms with Gasteiger partial charge in [0.2, 0.25) is 0 Å². The number of aliphatic hydroxyl groups excluding tert-OH is 1. The highest BCUT2D eigenvalue weighted by Gasteiger charge is 2.21. The molecule has 0 aliphatic carbocycles. The summed E-state index contributed by atoms with van der Waals surface area (Å²) < 4.78 is 6.68. The normalized spacial score (nSPS) is 13.5. The van der Waals surface area contributed by atoms with E-state index in [2.05, 4.69) is 10.4 Å². The van der Waals surface area contributed by atoms with Crippen LogP contribution in [0.25, 0.3) is 0 Å². The molecule has 2 unspecified atom stereocenters. The monoisotopic (exact) mass is 303 g/mol. The van der Waals surface area contributed by atoms with Crippen molar-refractivity contribution in [1.82, 2.24) is 15.1 Å². The van der Waals surface area contributed by atoms with E-state index in [0.717, 1.165) is 11.3 Å². The Morgan fingerprint density at radius 1 is 1.36 bits per heavy atom. The van der Waals surface area contributed by atoms with Gasteiger partial charge in [-0.2, -0.15) is 5.10 Å². The maximum atomic E-state index is 12.2. The molecule has 0 saturated carbocycles. The van der Waals surface area contributed by atoms with Crippen molar-refractivity contribution in [3.8, 4) is 5.75 Å². The minimum absolute atomic E-state index is 0.245. The quantitative estimate of drug-likeness (QED) is 0.879. The zero-order valence-electron chi connectivity index (χ0n) is 13.2. The number of methoxy groups -OCH3 is 1. The summed E-state index contributed by atoms with van der Waals surface area (Å²) in [5.41, 5.74) is 1.89. The third-order valence-electron chi connectivity index (χ3n) is 3.55. The van der Waals surface area contributed by atoms with Crippen molar-refractivity contribution in [2.45, 2.75) is 26.0 Å². The molecule has 2 atom stereocenters. The summed E-state index contributed by atoms with van der Waals surface area (Å²) in [6.45, 7) is 3.54. The molecule has 0 saturated heterocycles. The number of aryl methyl sites for hydroxylation is 2. The van der Waals surface area contributed by atoms with Gasteiger partial charge in [0.15, 0.2) is 0 Å². The van der Waals surface area contributed by atoms with Gasteiger partial charge in [0.1, 0.15) is 5.75 Å². The Bertz CT molecular complexity index is 649. The van der Waals surface area contributed by atoms with E-state index in [4.69, 9.17) is 4.74 Å². The number of hydrogen-bond donors (Lipinski definition) is 2. The summed E-state index contributed by atoms with van der Waals surface area (Å²) in [5, 5.41) is 17.3. The lowest BCUT2D eigenvalue weighted by atomic mass is 10.0. The molecule has 0 radical (unpaired) electrons. The first-order valence-corrected chi connectivity index (χ1v) is 7.05. The second-order valence-electron chi connectivity index (χ2n) is 5.28. The fraction of sp³-hybridized carbons (Fsp3) is 0.375. The summed E-state index contributed by atoms with van der Waals surface area (Å²) in [7, 11) is 3.35. The van der Waals surface area contributed by atoms with Gasteiger partial charge in [0, 0.05) is 13.2 Å². The molecular weight excluding hydrogens is 282 g/mol. The van der Waals surface area contributed by atoms with E-state index >= 15 is 0 Å². The van der Waals surface area contributed by atoms with Crippen LogP contribution < -0.4 is 10.1 Å². The van der Waals surface area contributed by atoms with Crippen LogP contribution in [-0.2, 0) is 7.05 Å².